The second-order valence-corrected chi connectivity index (χ2v) is 3.84. The Balaban J connectivity index is 2.67. The van der Waals surface area contributed by atoms with Crippen LogP contribution in [-0.2, 0) is 0 Å². The first-order valence-electron chi connectivity index (χ1n) is 5.44. The summed E-state index contributed by atoms with van der Waals surface area (Å²) in [5, 5.41) is 9.89. The Kier molecular flexibility index (Phi) is 4.03. The second kappa shape index (κ2) is 5.60. The van der Waals surface area contributed by atoms with Crippen molar-refractivity contribution in [2.45, 2.75) is 6.10 Å². The van der Waals surface area contributed by atoms with E-state index in [0.29, 0.717) is 0 Å². The third-order valence-electron chi connectivity index (χ3n) is 2.66. The summed E-state index contributed by atoms with van der Waals surface area (Å²) in [6.07, 6.45) is -0.0148. The fraction of sp³-hybridized carbons (Fsp3) is 0.167. The largest absolute Gasteiger partial charge is 0.480 e. The molecule has 1 aromatic carbocycles. The van der Waals surface area contributed by atoms with Crippen LogP contribution in [0.4, 0.5) is 22.0 Å². The van der Waals surface area contributed by atoms with E-state index in [1.807, 2.05) is 0 Å². The van der Waals surface area contributed by atoms with E-state index in [1.165, 1.54) is 0 Å². The molecule has 1 unspecified atom stereocenters. The van der Waals surface area contributed by atoms with Crippen LogP contribution in [0.25, 0.3) is 0 Å². The summed E-state index contributed by atoms with van der Waals surface area (Å²) in [6, 6.07) is 0. The highest BCUT2D eigenvalue weighted by atomic mass is 19.2. The number of aliphatic hydroxyl groups is 1. The van der Waals surface area contributed by atoms with E-state index in [1.54, 1.807) is 0 Å². The van der Waals surface area contributed by atoms with Crippen molar-refractivity contribution < 1.29 is 31.8 Å². The molecule has 112 valence electrons. The third-order valence-corrected chi connectivity index (χ3v) is 2.66. The van der Waals surface area contributed by atoms with Crippen molar-refractivity contribution in [1.82, 2.24) is 9.97 Å². The SMILES string of the molecule is COc1nccnc1C(O)c1c(F)c(F)c(F)c(F)c1F. The van der Waals surface area contributed by atoms with Crippen LogP contribution >= 0.6 is 0 Å². The number of hydrogen-bond acceptors (Lipinski definition) is 4. The van der Waals surface area contributed by atoms with Gasteiger partial charge in [0, 0.05) is 12.4 Å². The van der Waals surface area contributed by atoms with Gasteiger partial charge in [-0.15, -0.1) is 0 Å². The average molecular weight is 306 g/mol. The lowest BCUT2D eigenvalue weighted by molar-refractivity contribution is 0.192. The van der Waals surface area contributed by atoms with Gasteiger partial charge in [0.2, 0.25) is 11.7 Å². The van der Waals surface area contributed by atoms with E-state index in [4.69, 9.17) is 4.74 Å². The molecule has 0 saturated carbocycles. The van der Waals surface area contributed by atoms with E-state index in [9.17, 15) is 27.1 Å². The van der Waals surface area contributed by atoms with Crippen molar-refractivity contribution in [2.24, 2.45) is 0 Å². The molecule has 0 aliphatic heterocycles. The van der Waals surface area contributed by atoms with E-state index < -0.39 is 46.4 Å². The van der Waals surface area contributed by atoms with Crippen molar-refractivity contribution in [3.05, 3.63) is 52.7 Å². The lowest BCUT2D eigenvalue weighted by Crippen LogP contribution is -2.14. The molecule has 1 N–H and O–H groups in total. The topological polar surface area (TPSA) is 55.2 Å². The first-order valence-corrected chi connectivity index (χ1v) is 5.44. The summed E-state index contributed by atoms with van der Waals surface area (Å²) in [6.45, 7) is 0. The molecule has 1 heterocycles. The van der Waals surface area contributed by atoms with Gasteiger partial charge in [-0.05, 0) is 0 Å². The molecule has 0 saturated heterocycles. The number of rotatable bonds is 3. The Morgan fingerprint density at radius 3 is 1.90 bits per heavy atom. The zero-order valence-electron chi connectivity index (χ0n) is 10.4. The summed E-state index contributed by atoms with van der Waals surface area (Å²) < 4.78 is 71.1. The summed E-state index contributed by atoms with van der Waals surface area (Å²) in [5.74, 6) is -11.2. The Morgan fingerprint density at radius 1 is 0.905 bits per heavy atom. The van der Waals surface area contributed by atoms with Gasteiger partial charge >= 0.3 is 0 Å². The van der Waals surface area contributed by atoms with Crippen LogP contribution in [0.15, 0.2) is 12.4 Å². The van der Waals surface area contributed by atoms with Crippen LogP contribution < -0.4 is 4.74 Å². The normalized spacial score (nSPS) is 12.3. The van der Waals surface area contributed by atoms with Gasteiger partial charge in [0.05, 0.1) is 12.7 Å². The number of aromatic nitrogens is 2. The van der Waals surface area contributed by atoms with Gasteiger partial charge in [-0.25, -0.2) is 26.9 Å². The van der Waals surface area contributed by atoms with Crippen LogP contribution in [0.2, 0.25) is 0 Å². The maximum absolute atomic E-state index is 13.6. The molecule has 0 spiro atoms. The number of aliphatic hydroxyl groups excluding tert-OH is 1. The first kappa shape index (κ1) is 15.1. The Bertz CT molecular complexity index is 667. The van der Waals surface area contributed by atoms with E-state index >= 15 is 0 Å². The molecule has 1 atom stereocenters. The molecular weight excluding hydrogens is 299 g/mol. The minimum Gasteiger partial charge on any atom is -0.480 e. The molecule has 0 aliphatic rings. The van der Waals surface area contributed by atoms with Gasteiger partial charge in [0.1, 0.15) is 11.8 Å². The molecule has 2 rings (SSSR count). The van der Waals surface area contributed by atoms with Crippen LogP contribution in [0.3, 0.4) is 0 Å². The quantitative estimate of drug-likeness (QED) is 0.537. The number of nitrogens with zero attached hydrogens (tertiary/aromatic N) is 2. The van der Waals surface area contributed by atoms with Crippen molar-refractivity contribution in [1.29, 1.82) is 0 Å². The summed E-state index contributed by atoms with van der Waals surface area (Å²) in [7, 11) is 1.14. The number of ether oxygens (including phenoxy) is 1. The first-order chi connectivity index (χ1) is 9.90. The Morgan fingerprint density at radius 2 is 1.38 bits per heavy atom. The zero-order chi connectivity index (χ0) is 15.7. The molecule has 9 heteroatoms. The fourth-order valence-corrected chi connectivity index (χ4v) is 1.68. The summed E-state index contributed by atoms with van der Waals surface area (Å²) in [4.78, 5) is 7.19. The Labute approximate surface area is 114 Å². The van der Waals surface area contributed by atoms with Gasteiger partial charge in [0.15, 0.2) is 23.3 Å². The monoisotopic (exact) mass is 306 g/mol. The molecule has 1 aromatic heterocycles. The van der Waals surface area contributed by atoms with Crippen molar-refractivity contribution in [3.8, 4) is 5.88 Å². The predicted octanol–water partition coefficient (Wildman–Crippen LogP) is 2.26. The minimum absolute atomic E-state index is 0.311. The molecule has 21 heavy (non-hydrogen) atoms. The smallest absolute Gasteiger partial charge is 0.238 e. The molecular formula is C12H7F5N2O2. The Hall–Kier alpha value is -2.29. The highest BCUT2D eigenvalue weighted by Gasteiger charge is 2.32. The molecule has 4 nitrogen and oxygen atoms in total. The predicted molar refractivity (Wildman–Crippen MR) is 58.9 cm³/mol. The van der Waals surface area contributed by atoms with E-state index in [-0.39, 0.29) is 5.88 Å². The lowest BCUT2D eigenvalue weighted by Gasteiger charge is -2.15. The third kappa shape index (κ3) is 2.40. The molecule has 0 amide bonds. The van der Waals surface area contributed by atoms with Crippen molar-refractivity contribution >= 4 is 0 Å². The highest BCUT2D eigenvalue weighted by molar-refractivity contribution is 5.34. The van der Waals surface area contributed by atoms with Gasteiger partial charge in [0.25, 0.3) is 0 Å². The summed E-state index contributed by atoms with van der Waals surface area (Å²) >= 11 is 0. The van der Waals surface area contributed by atoms with Gasteiger partial charge in [-0.3, -0.25) is 4.98 Å². The summed E-state index contributed by atoms with van der Waals surface area (Å²) in [5.41, 5.74) is -1.91. The van der Waals surface area contributed by atoms with Crippen LogP contribution in [-0.4, -0.2) is 22.2 Å². The van der Waals surface area contributed by atoms with Crippen molar-refractivity contribution in [2.75, 3.05) is 7.11 Å². The molecule has 0 radical (unpaired) electrons. The highest BCUT2D eigenvalue weighted by Crippen LogP contribution is 2.33. The van der Waals surface area contributed by atoms with E-state index in [0.717, 1.165) is 19.5 Å². The number of halogens is 5. The standard InChI is InChI=1S/C12H7F5N2O2/c1-21-12-10(18-2-3-19-12)11(20)4-5(13)7(15)9(17)8(16)6(4)14/h2-3,11,20H,1H3. The second-order valence-electron chi connectivity index (χ2n) is 3.84. The van der Waals surface area contributed by atoms with Crippen molar-refractivity contribution in [3.63, 3.8) is 0 Å². The molecule has 0 aliphatic carbocycles. The number of hydrogen-bond donors (Lipinski definition) is 1. The van der Waals surface area contributed by atoms with E-state index in [2.05, 4.69) is 9.97 Å². The minimum atomic E-state index is -2.31. The average Bonchev–Trinajstić information content (AvgIpc) is 2.51. The fourth-order valence-electron chi connectivity index (χ4n) is 1.68. The lowest BCUT2D eigenvalue weighted by atomic mass is 10.0. The van der Waals surface area contributed by atoms with Gasteiger partial charge in [-0.2, -0.15) is 0 Å². The maximum Gasteiger partial charge on any atom is 0.238 e. The molecule has 2 aromatic rings. The number of methoxy groups -OCH3 is 1. The maximum atomic E-state index is 13.6. The van der Waals surface area contributed by atoms with Gasteiger partial charge < -0.3 is 9.84 Å². The van der Waals surface area contributed by atoms with Crippen LogP contribution in [0.1, 0.15) is 17.4 Å². The van der Waals surface area contributed by atoms with Gasteiger partial charge in [-0.1, -0.05) is 0 Å². The van der Waals surface area contributed by atoms with Crippen LogP contribution in [0.5, 0.6) is 5.88 Å². The molecule has 0 bridgehead atoms. The van der Waals surface area contributed by atoms with Crippen LogP contribution in [0, 0.1) is 29.1 Å². The zero-order valence-corrected chi connectivity index (χ0v) is 10.4. The molecule has 0 fully saturated rings. The number of benzene rings is 1.